The van der Waals surface area contributed by atoms with E-state index in [2.05, 4.69) is 5.32 Å². The van der Waals surface area contributed by atoms with Gasteiger partial charge in [0.25, 0.3) is 11.8 Å². The lowest BCUT2D eigenvalue weighted by atomic mass is 10.1. The van der Waals surface area contributed by atoms with E-state index in [1.54, 1.807) is 23.1 Å². The minimum Gasteiger partial charge on any atom is -0.336 e. The monoisotopic (exact) mass is 335 g/mol. The van der Waals surface area contributed by atoms with Crippen LogP contribution in [-0.4, -0.2) is 52.8 Å². The zero-order valence-electron chi connectivity index (χ0n) is 13.0. The number of nitrogens with one attached hydrogen (secondary N) is 1. The Morgan fingerprint density at radius 3 is 2.70 bits per heavy atom. The Labute approximate surface area is 139 Å². The Hall–Kier alpha value is -2.08. The molecule has 122 valence electrons. The van der Waals surface area contributed by atoms with Gasteiger partial charge in [-0.25, -0.2) is 4.79 Å². The smallest absolute Gasteiger partial charge is 0.317 e. The zero-order chi connectivity index (χ0) is 16.7. The average Bonchev–Trinajstić information content (AvgIpc) is 3.04. The first-order valence-corrected chi connectivity index (χ1v) is 7.99. The number of carbonyl (C=O) groups is 3. The maximum absolute atomic E-state index is 12.6. The molecule has 7 heteroatoms. The average molecular weight is 336 g/mol. The SMILES string of the molecule is CC(C)NC(=O)N1CCC(N2C(=O)c3cccc(Cl)c3C2=O)C1. The molecule has 0 saturated carbocycles. The van der Waals surface area contributed by atoms with Crippen LogP contribution >= 0.6 is 11.6 Å². The molecule has 1 saturated heterocycles. The minimum atomic E-state index is -0.369. The van der Waals surface area contributed by atoms with Crippen LogP contribution in [0.25, 0.3) is 0 Å². The first kappa shape index (κ1) is 15.8. The number of halogens is 1. The number of urea groups is 1. The number of hydrogen-bond donors (Lipinski definition) is 1. The van der Waals surface area contributed by atoms with Crippen LogP contribution in [0.5, 0.6) is 0 Å². The predicted molar refractivity (Wildman–Crippen MR) is 85.6 cm³/mol. The van der Waals surface area contributed by atoms with Crippen molar-refractivity contribution in [3.63, 3.8) is 0 Å². The Morgan fingerprint density at radius 2 is 2.04 bits per heavy atom. The van der Waals surface area contributed by atoms with E-state index >= 15 is 0 Å². The zero-order valence-corrected chi connectivity index (χ0v) is 13.8. The summed E-state index contributed by atoms with van der Waals surface area (Å²) in [5.41, 5.74) is 0.608. The third-order valence-electron chi connectivity index (χ3n) is 4.12. The third-order valence-corrected chi connectivity index (χ3v) is 4.44. The molecular formula is C16H18ClN3O3. The highest BCUT2D eigenvalue weighted by Crippen LogP contribution is 2.32. The first-order chi connectivity index (χ1) is 10.9. The Bertz CT molecular complexity index is 689. The maximum Gasteiger partial charge on any atom is 0.317 e. The van der Waals surface area contributed by atoms with Crippen molar-refractivity contribution in [3.05, 3.63) is 34.3 Å². The van der Waals surface area contributed by atoms with Gasteiger partial charge < -0.3 is 10.2 Å². The van der Waals surface area contributed by atoms with Gasteiger partial charge in [-0.1, -0.05) is 17.7 Å². The van der Waals surface area contributed by atoms with Gasteiger partial charge in [0.2, 0.25) is 0 Å². The second-order valence-corrected chi connectivity index (χ2v) is 6.54. The van der Waals surface area contributed by atoms with Crippen molar-refractivity contribution in [2.45, 2.75) is 32.4 Å². The summed E-state index contributed by atoms with van der Waals surface area (Å²) in [4.78, 5) is 40.0. The summed E-state index contributed by atoms with van der Waals surface area (Å²) in [5.74, 6) is -0.699. The van der Waals surface area contributed by atoms with Gasteiger partial charge in [0.1, 0.15) is 0 Å². The van der Waals surface area contributed by atoms with Crippen LogP contribution in [0.1, 0.15) is 41.0 Å². The van der Waals surface area contributed by atoms with E-state index in [0.717, 1.165) is 0 Å². The summed E-state index contributed by atoms with van der Waals surface area (Å²) in [7, 11) is 0. The van der Waals surface area contributed by atoms with Crippen molar-refractivity contribution in [2.75, 3.05) is 13.1 Å². The number of hydrogen-bond acceptors (Lipinski definition) is 3. The largest absolute Gasteiger partial charge is 0.336 e. The number of amides is 4. The predicted octanol–water partition coefficient (Wildman–Crippen LogP) is 2.13. The van der Waals surface area contributed by atoms with Gasteiger partial charge in [0.05, 0.1) is 22.2 Å². The molecule has 1 fully saturated rings. The number of carbonyl (C=O) groups excluding carboxylic acids is 3. The molecule has 3 rings (SSSR count). The first-order valence-electron chi connectivity index (χ1n) is 7.62. The van der Waals surface area contributed by atoms with Gasteiger partial charge in [-0.3, -0.25) is 14.5 Å². The topological polar surface area (TPSA) is 69.7 Å². The van der Waals surface area contributed by atoms with Crippen molar-refractivity contribution in [1.29, 1.82) is 0 Å². The summed E-state index contributed by atoms with van der Waals surface area (Å²) in [6.07, 6.45) is 0.578. The van der Waals surface area contributed by atoms with E-state index in [4.69, 9.17) is 11.6 Å². The van der Waals surface area contributed by atoms with Crippen LogP contribution in [0.2, 0.25) is 5.02 Å². The number of imide groups is 1. The van der Waals surface area contributed by atoms with E-state index < -0.39 is 0 Å². The lowest BCUT2D eigenvalue weighted by Gasteiger charge is -2.23. The summed E-state index contributed by atoms with van der Waals surface area (Å²) in [6.45, 7) is 4.64. The summed E-state index contributed by atoms with van der Waals surface area (Å²) >= 11 is 6.06. The van der Waals surface area contributed by atoms with Crippen LogP contribution in [0, 0.1) is 0 Å². The van der Waals surface area contributed by atoms with Gasteiger partial charge in [0, 0.05) is 19.1 Å². The molecule has 0 aromatic heterocycles. The molecule has 2 aliphatic heterocycles. The van der Waals surface area contributed by atoms with Crippen molar-refractivity contribution in [3.8, 4) is 0 Å². The fourth-order valence-electron chi connectivity index (χ4n) is 3.07. The van der Waals surface area contributed by atoms with Gasteiger partial charge in [0.15, 0.2) is 0 Å². The van der Waals surface area contributed by atoms with Crippen molar-refractivity contribution < 1.29 is 14.4 Å². The number of likely N-dealkylation sites (tertiary alicyclic amines) is 1. The Kier molecular flexibility index (Phi) is 4.02. The number of fused-ring (bicyclic) bond motifs is 1. The van der Waals surface area contributed by atoms with Crippen LogP contribution in [0.3, 0.4) is 0 Å². The minimum absolute atomic E-state index is 0.0414. The molecule has 1 unspecified atom stereocenters. The third kappa shape index (κ3) is 2.67. The lowest BCUT2D eigenvalue weighted by Crippen LogP contribution is -2.45. The molecule has 0 spiro atoms. The molecule has 4 amide bonds. The second-order valence-electron chi connectivity index (χ2n) is 6.14. The molecule has 23 heavy (non-hydrogen) atoms. The molecule has 0 bridgehead atoms. The fourth-order valence-corrected chi connectivity index (χ4v) is 3.32. The normalized spacial score (nSPS) is 20.4. The Morgan fingerprint density at radius 1 is 1.30 bits per heavy atom. The van der Waals surface area contributed by atoms with Crippen molar-refractivity contribution >= 4 is 29.4 Å². The molecule has 6 nitrogen and oxygen atoms in total. The van der Waals surface area contributed by atoms with Crippen LogP contribution in [0.15, 0.2) is 18.2 Å². The standard InChI is InChI=1S/C16H18ClN3O3/c1-9(2)18-16(23)19-7-6-10(8-19)20-14(21)11-4-3-5-12(17)13(11)15(20)22/h3-5,9-10H,6-8H2,1-2H3,(H,18,23). The summed E-state index contributed by atoms with van der Waals surface area (Å²) < 4.78 is 0. The number of rotatable bonds is 2. The summed E-state index contributed by atoms with van der Waals surface area (Å²) in [6, 6.07) is 4.44. The second kappa shape index (κ2) is 5.85. The van der Waals surface area contributed by atoms with E-state index in [-0.39, 0.29) is 40.5 Å². The molecular weight excluding hydrogens is 318 g/mol. The van der Waals surface area contributed by atoms with Crippen molar-refractivity contribution in [2.24, 2.45) is 0 Å². The fraction of sp³-hybridized carbons (Fsp3) is 0.438. The van der Waals surface area contributed by atoms with E-state index in [1.807, 2.05) is 13.8 Å². The van der Waals surface area contributed by atoms with Gasteiger partial charge >= 0.3 is 6.03 Å². The number of nitrogens with zero attached hydrogens (tertiary/aromatic N) is 2. The Balaban J connectivity index is 1.77. The maximum atomic E-state index is 12.6. The van der Waals surface area contributed by atoms with E-state index in [1.165, 1.54) is 4.90 Å². The highest BCUT2D eigenvalue weighted by atomic mass is 35.5. The molecule has 1 aromatic rings. The molecule has 1 N–H and O–H groups in total. The highest BCUT2D eigenvalue weighted by Gasteiger charge is 2.44. The van der Waals surface area contributed by atoms with E-state index in [0.29, 0.717) is 25.1 Å². The molecule has 0 aliphatic carbocycles. The molecule has 0 radical (unpaired) electrons. The lowest BCUT2D eigenvalue weighted by molar-refractivity contribution is 0.0590. The quantitative estimate of drug-likeness (QED) is 0.842. The molecule has 1 atom stereocenters. The van der Waals surface area contributed by atoms with Crippen LogP contribution in [0.4, 0.5) is 4.79 Å². The van der Waals surface area contributed by atoms with Crippen LogP contribution in [-0.2, 0) is 0 Å². The van der Waals surface area contributed by atoms with Crippen LogP contribution < -0.4 is 5.32 Å². The molecule has 2 aliphatic rings. The highest BCUT2D eigenvalue weighted by molar-refractivity contribution is 6.37. The van der Waals surface area contributed by atoms with E-state index in [9.17, 15) is 14.4 Å². The molecule has 2 heterocycles. The summed E-state index contributed by atoms with van der Waals surface area (Å²) in [5, 5.41) is 3.11. The number of benzene rings is 1. The van der Waals surface area contributed by atoms with Gasteiger partial charge in [-0.2, -0.15) is 0 Å². The van der Waals surface area contributed by atoms with Gasteiger partial charge in [-0.15, -0.1) is 0 Å². The van der Waals surface area contributed by atoms with Crippen molar-refractivity contribution in [1.82, 2.24) is 15.1 Å². The molecule has 1 aromatic carbocycles. The van der Waals surface area contributed by atoms with Gasteiger partial charge in [-0.05, 0) is 32.4 Å².